The average molecular weight is 189 g/mol. The molecule has 4 nitrogen and oxygen atoms in total. The minimum Gasteiger partial charge on any atom is -0.475 e. The van der Waals surface area contributed by atoms with E-state index in [-0.39, 0.29) is 5.76 Å². The Bertz CT molecular complexity index is 447. The van der Waals surface area contributed by atoms with Crippen LogP contribution in [0, 0.1) is 0 Å². The summed E-state index contributed by atoms with van der Waals surface area (Å²) in [5, 5.41) is 8.79. The van der Waals surface area contributed by atoms with Gasteiger partial charge in [0.15, 0.2) is 0 Å². The van der Waals surface area contributed by atoms with Crippen LogP contribution in [0.2, 0.25) is 0 Å². The van der Waals surface area contributed by atoms with Crippen molar-refractivity contribution in [2.75, 3.05) is 0 Å². The predicted molar refractivity (Wildman–Crippen MR) is 48.9 cm³/mol. The molecule has 4 heteroatoms. The van der Waals surface area contributed by atoms with E-state index in [9.17, 15) is 4.79 Å². The van der Waals surface area contributed by atoms with Gasteiger partial charge in [0.25, 0.3) is 0 Å². The maximum absolute atomic E-state index is 10.7. The molecule has 0 aliphatic carbocycles. The van der Waals surface area contributed by atoms with E-state index in [0.29, 0.717) is 11.3 Å². The van der Waals surface area contributed by atoms with Gasteiger partial charge in [-0.2, -0.15) is 0 Å². The number of aromatic carboxylic acids is 1. The Labute approximate surface area is 79.8 Å². The number of carbonyl (C=O) groups is 1. The molecule has 2 rings (SSSR count). The number of carboxylic acids is 1. The first-order valence-electron chi connectivity index (χ1n) is 4.01. The van der Waals surface area contributed by atoms with E-state index >= 15 is 0 Å². The molecule has 0 fully saturated rings. The number of aromatic nitrogens is 1. The Morgan fingerprint density at radius 1 is 1.36 bits per heavy atom. The third-order valence-electron chi connectivity index (χ3n) is 1.80. The fourth-order valence-electron chi connectivity index (χ4n) is 1.20. The molecule has 2 aromatic rings. The van der Waals surface area contributed by atoms with Gasteiger partial charge in [0.05, 0.1) is 17.5 Å². The molecule has 0 unspecified atom stereocenters. The number of hydrogen-bond donors (Lipinski definition) is 1. The van der Waals surface area contributed by atoms with Crippen LogP contribution in [0.15, 0.2) is 41.1 Å². The van der Waals surface area contributed by atoms with Crippen LogP contribution in [0.4, 0.5) is 0 Å². The highest BCUT2D eigenvalue weighted by Crippen LogP contribution is 2.22. The molecule has 0 aromatic carbocycles. The van der Waals surface area contributed by atoms with E-state index in [0.717, 1.165) is 0 Å². The van der Waals surface area contributed by atoms with Crippen LogP contribution in [0.25, 0.3) is 11.3 Å². The number of carboxylic acid groups (broad SMARTS) is 1. The first kappa shape index (κ1) is 8.50. The van der Waals surface area contributed by atoms with E-state index < -0.39 is 5.97 Å². The summed E-state index contributed by atoms with van der Waals surface area (Å²) in [4.78, 5) is 14.8. The topological polar surface area (TPSA) is 63.3 Å². The summed E-state index contributed by atoms with van der Waals surface area (Å²) >= 11 is 0. The second-order valence-electron chi connectivity index (χ2n) is 2.68. The van der Waals surface area contributed by atoms with Gasteiger partial charge in [-0.1, -0.05) is 6.07 Å². The van der Waals surface area contributed by atoms with Crippen molar-refractivity contribution < 1.29 is 14.3 Å². The minimum atomic E-state index is -1.09. The van der Waals surface area contributed by atoms with E-state index in [1.807, 2.05) is 0 Å². The van der Waals surface area contributed by atoms with Gasteiger partial charge in [0.2, 0.25) is 5.76 Å². The van der Waals surface area contributed by atoms with Gasteiger partial charge in [0, 0.05) is 6.20 Å². The van der Waals surface area contributed by atoms with Crippen LogP contribution in [0.3, 0.4) is 0 Å². The lowest BCUT2D eigenvalue weighted by molar-refractivity contribution is 0.0663. The molecule has 0 spiro atoms. The summed E-state index contributed by atoms with van der Waals surface area (Å²) in [5.41, 5.74) is 1.09. The van der Waals surface area contributed by atoms with E-state index in [4.69, 9.17) is 9.52 Å². The maximum Gasteiger partial charge on any atom is 0.372 e. The molecular formula is C10H7NO3. The molecule has 0 radical (unpaired) electrons. The van der Waals surface area contributed by atoms with Gasteiger partial charge in [-0.3, -0.25) is 4.98 Å². The van der Waals surface area contributed by atoms with Crippen LogP contribution >= 0.6 is 0 Å². The van der Waals surface area contributed by atoms with E-state index in [1.54, 1.807) is 30.5 Å². The Morgan fingerprint density at radius 2 is 2.21 bits per heavy atom. The molecule has 0 amide bonds. The van der Waals surface area contributed by atoms with Crippen LogP contribution in [0.5, 0.6) is 0 Å². The number of pyridine rings is 1. The fraction of sp³-hybridized carbons (Fsp3) is 0. The summed E-state index contributed by atoms with van der Waals surface area (Å²) in [6, 6.07) is 6.88. The zero-order chi connectivity index (χ0) is 9.97. The van der Waals surface area contributed by atoms with Crippen LogP contribution in [0.1, 0.15) is 10.6 Å². The molecule has 14 heavy (non-hydrogen) atoms. The quantitative estimate of drug-likeness (QED) is 0.785. The molecule has 0 bridgehead atoms. The van der Waals surface area contributed by atoms with Gasteiger partial charge in [-0.25, -0.2) is 4.79 Å². The van der Waals surface area contributed by atoms with Crippen molar-refractivity contribution in [1.82, 2.24) is 4.98 Å². The molecular weight excluding hydrogens is 182 g/mol. The number of nitrogens with zero attached hydrogens (tertiary/aromatic N) is 1. The molecule has 0 aliphatic heterocycles. The number of hydrogen-bond acceptors (Lipinski definition) is 3. The zero-order valence-electron chi connectivity index (χ0n) is 7.18. The summed E-state index contributed by atoms with van der Waals surface area (Å²) in [6.45, 7) is 0. The molecule has 2 aromatic heterocycles. The molecule has 0 saturated carbocycles. The normalized spacial score (nSPS) is 10.0. The van der Waals surface area contributed by atoms with Crippen molar-refractivity contribution in [3.05, 3.63) is 42.5 Å². The Balaban J connectivity index is 2.52. The lowest BCUT2D eigenvalue weighted by Crippen LogP contribution is -1.96. The van der Waals surface area contributed by atoms with Crippen molar-refractivity contribution in [1.29, 1.82) is 0 Å². The lowest BCUT2D eigenvalue weighted by atomic mass is 10.1. The van der Waals surface area contributed by atoms with Crippen molar-refractivity contribution >= 4 is 5.97 Å². The van der Waals surface area contributed by atoms with Gasteiger partial charge in [0.1, 0.15) is 0 Å². The zero-order valence-corrected chi connectivity index (χ0v) is 7.18. The highest BCUT2D eigenvalue weighted by molar-refractivity contribution is 5.92. The lowest BCUT2D eigenvalue weighted by Gasteiger charge is -1.96. The van der Waals surface area contributed by atoms with Crippen LogP contribution in [-0.4, -0.2) is 16.1 Å². The Hall–Kier alpha value is -2.10. The highest BCUT2D eigenvalue weighted by Gasteiger charge is 2.15. The van der Waals surface area contributed by atoms with Gasteiger partial charge < -0.3 is 9.52 Å². The van der Waals surface area contributed by atoms with E-state index in [1.165, 1.54) is 6.26 Å². The third-order valence-corrected chi connectivity index (χ3v) is 1.80. The summed E-state index contributed by atoms with van der Waals surface area (Å²) in [6.07, 6.45) is 2.95. The Kier molecular flexibility index (Phi) is 2.02. The molecule has 1 N–H and O–H groups in total. The third kappa shape index (κ3) is 1.37. The van der Waals surface area contributed by atoms with E-state index in [2.05, 4.69) is 4.98 Å². The number of rotatable bonds is 2. The summed E-state index contributed by atoms with van der Waals surface area (Å²) in [5.74, 6) is -1.17. The predicted octanol–water partition coefficient (Wildman–Crippen LogP) is 2.04. The van der Waals surface area contributed by atoms with Crippen molar-refractivity contribution in [3.8, 4) is 11.3 Å². The number of furan rings is 1. The monoisotopic (exact) mass is 189 g/mol. The highest BCUT2D eigenvalue weighted by atomic mass is 16.4. The largest absolute Gasteiger partial charge is 0.475 e. The smallest absolute Gasteiger partial charge is 0.372 e. The summed E-state index contributed by atoms with van der Waals surface area (Å²) in [7, 11) is 0. The minimum absolute atomic E-state index is 0.0799. The maximum atomic E-state index is 10.7. The van der Waals surface area contributed by atoms with Crippen LogP contribution in [-0.2, 0) is 0 Å². The van der Waals surface area contributed by atoms with Gasteiger partial charge >= 0.3 is 5.97 Å². The second kappa shape index (κ2) is 3.33. The van der Waals surface area contributed by atoms with Crippen molar-refractivity contribution in [3.63, 3.8) is 0 Å². The van der Waals surface area contributed by atoms with Gasteiger partial charge in [-0.15, -0.1) is 0 Å². The first-order valence-corrected chi connectivity index (χ1v) is 4.01. The standard InChI is InChI=1S/C10H7NO3/c12-10(13)9-7(4-6-14-9)8-3-1-2-5-11-8/h1-6H,(H,12,13). The fourth-order valence-corrected chi connectivity index (χ4v) is 1.20. The van der Waals surface area contributed by atoms with Gasteiger partial charge in [-0.05, 0) is 18.2 Å². The van der Waals surface area contributed by atoms with Crippen molar-refractivity contribution in [2.45, 2.75) is 0 Å². The average Bonchev–Trinajstić information content (AvgIpc) is 2.67. The first-order chi connectivity index (χ1) is 6.79. The summed E-state index contributed by atoms with van der Waals surface area (Å²) < 4.78 is 4.84. The molecule has 70 valence electrons. The van der Waals surface area contributed by atoms with Crippen LogP contribution < -0.4 is 0 Å². The SMILES string of the molecule is O=C(O)c1occc1-c1ccccn1. The Morgan fingerprint density at radius 3 is 2.86 bits per heavy atom. The van der Waals surface area contributed by atoms with Crippen molar-refractivity contribution in [2.24, 2.45) is 0 Å². The molecule has 0 saturated heterocycles. The molecule has 0 atom stereocenters. The second-order valence-corrected chi connectivity index (χ2v) is 2.68. The molecule has 2 heterocycles. The molecule has 0 aliphatic rings.